The first-order valence-electron chi connectivity index (χ1n) is 10.2. The molecule has 2 aliphatic rings. The van der Waals surface area contributed by atoms with Gasteiger partial charge in [0.2, 0.25) is 5.91 Å². The smallest absolute Gasteiger partial charge is 0.222 e. The van der Waals surface area contributed by atoms with Crippen molar-refractivity contribution in [1.82, 2.24) is 20.1 Å². The fraction of sp³-hybridized carbons (Fsp3) is 0.571. The Hall–Kier alpha value is -2.41. The zero-order valence-corrected chi connectivity index (χ0v) is 16.4. The van der Waals surface area contributed by atoms with Crippen LogP contribution in [0.5, 0.6) is 0 Å². The van der Waals surface area contributed by atoms with Gasteiger partial charge in [0.05, 0.1) is 18.3 Å². The van der Waals surface area contributed by atoms with Crippen molar-refractivity contribution >= 4 is 11.7 Å². The van der Waals surface area contributed by atoms with Gasteiger partial charge in [-0.25, -0.2) is 4.98 Å². The standard InChI is InChI=1S/C21H29N5O2/c1-28-19-10-17-14-26(21(27)7-4-5-15-11-23-24-12-15)13-16(17)9-18(19)25-20-6-2-3-8-22-20/h2-3,6,8,11-12,16-19H,4-5,7,9-10,13-14H2,1H3,(H,22,25)(H,23,24)/t16-,17+,18-,19-/m1/s1. The lowest BCUT2D eigenvalue weighted by Crippen LogP contribution is -2.44. The molecule has 0 radical (unpaired) electrons. The fourth-order valence-electron chi connectivity index (χ4n) is 4.68. The second-order valence-electron chi connectivity index (χ2n) is 7.99. The summed E-state index contributed by atoms with van der Waals surface area (Å²) in [5.74, 6) is 2.23. The van der Waals surface area contributed by atoms with Crippen molar-refractivity contribution < 1.29 is 9.53 Å². The van der Waals surface area contributed by atoms with Gasteiger partial charge in [0.1, 0.15) is 5.82 Å². The molecule has 0 aromatic carbocycles. The number of hydrogen-bond acceptors (Lipinski definition) is 5. The Morgan fingerprint density at radius 3 is 2.89 bits per heavy atom. The molecule has 7 nitrogen and oxygen atoms in total. The fourth-order valence-corrected chi connectivity index (χ4v) is 4.68. The van der Waals surface area contributed by atoms with Gasteiger partial charge in [-0.2, -0.15) is 5.10 Å². The molecule has 3 heterocycles. The van der Waals surface area contributed by atoms with E-state index in [-0.39, 0.29) is 18.1 Å². The topological polar surface area (TPSA) is 83.1 Å². The molecule has 0 spiro atoms. The minimum atomic E-state index is 0.152. The Bertz CT molecular complexity index is 751. The molecule has 0 unspecified atom stereocenters. The van der Waals surface area contributed by atoms with Gasteiger partial charge in [-0.15, -0.1) is 0 Å². The molecule has 150 valence electrons. The number of carbonyl (C=O) groups is 1. The quantitative estimate of drug-likeness (QED) is 0.768. The third-order valence-corrected chi connectivity index (χ3v) is 6.18. The van der Waals surface area contributed by atoms with Gasteiger partial charge in [-0.05, 0) is 55.2 Å². The van der Waals surface area contributed by atoms with E-state index in [1.807, 2.05) is 30.6 Å². The molecule has 4 atom stereocenters. The second-order valence-corrected chi connectivity index (χ2v) is 7.99. The molecular formula is C21H29N5O2. The summed E-state index contributed by atoms with van der Waals surface area (Å²) < 4.78 is 5.78. The number of rotatable bonds is 7. The van der Waals surface area contributed by atoms with E-state index in [2.05, 4.69) is 25.4 Å². The second kappa shape index (κ2) is 8.73. The summed E-state index contributed by atoms with van der Waals surface area (Å²) in [5.41, 5.74) is 1.16. The van der Waals surface area contributed by atoms with E-state index in [1.165, 1.54) is 0 Å². The van der Waals surface area contributed by atoms with E-state index in [1.54, 1.807) is 13.3 Å². The highest BCUT2D eigenvalue weighted by atomic mass is 16.5. The summed E-state index contributed by atoms with van der Waals surface area (Å²) in [6.45, 7) is 1.73. The molecule has 2 N–H and O–H groups in total. The van der Waals surface area contributed by atoms with Gasteiger partial charge in [-0.3, -0.25) is 9.89 Å². The maximum Gasteiger partial charge on any atom is 0.222 e. The van der Waals surface area contributed by atoms with E-state index >= 15 is 0 Å². The minimum Gasteiger partial charge on any atom is -0.379 e. The normalized spacial score (nSPS) is 26.8. The van der Waals surface area contributed by atoms with Crippen LogP contribution >= 0.6 is 0 Å². The Balaban J connectivity index is 1.30. The van der Waals surface area contributed by atoms with Gasteiger partial charge < -0.3 is 15.0 Å². The average Bonchev–Trinajstić information content (AvgIpc) is 3.37. The molecule has 1 aliphatic heterocycles. The van der Waals surface area contributed by atoms with Crippen molar-refractivity contribution in [3.8, 4) is 0 Å². The van der Waals surface area contributed by atoms with Crippen LogP contribution < -0.4 is 5.32 Å². The first-order chi connectivity index (χ1) is 13.7. The van der Waals surface area contributed by atoms with Crippen molar-refractivity contribution in [2.45, 2.75) is 44.2 Å². The minimum absolute atomic E-state index is 0.152. The molecule has 7 heteroatoms. The largest absolute Gasteiger partial charge is 0.379 e. The van der Waals surface area contributed by atoms with Crippen LogP contribution in [0.2, 0.25) is 0 Å². The summed E-state index contributed by atoms with van der Waals surface area (Å²) in [4.78, 5) is 19.1. The number of nitrogens with zero attached hydrogens (tertiary/aromatic N) is 3. The number of carbonyl (C=O) groups excluding carboxylic acids is 1. The van der Waals surface area contributed by atoms with Crippen LogP contribution in [0, 0.1) is 11.8 Å². The maximum absolute atomic E-state index is 12.7. The number of ether oxygens (including phenoxy) is 1. The Morgan fingerprint density at radius 1 is 1.32 bits per heavy atom. The first kappa shape index (κ1) is 18.9. The molecular weight excluding hydrogens is 354 g/mol. The molecule has 1 saturated carbocycles. The van der Waals surface area contributed by atoms with E-state index in [9.17, 15) is 4.79 Å². The van der Waals surface area contributed by atoms with Crippen LogP contribution in [0.4, 0.5) is 5.82 Å². The number of pyridine rings is 1. The molecule has 1 aliphatic carbocycles. The monoisotopic (exact) mass is 383 g/mol. The van der Waals surface area contributed by atoms with E-state index in [0.29, 0.717) is 18.3 Å². The van der Waals surface area contributed by atoms with Gasteiger partial charge in [0.25, 0.3) is 0 Å². The van der Waals surface area contributed by atoms with Gasteiger partial charge in [0, 0.05) is 39.0 Å². The van der Waals surface area contributed by atoms with Crippen LogP contribution in [0.25, 0.3) is 0 Å². The van der Waals surface area contributed by atoms with E-state index < -0.39 is 0 Å². The van der Waals surface area contributed by atoms with Gasteiger partial charge in [0.15, 0.2) is 0 Å². The number of aromatic amines is 1. The predicted molar refractivity (Wildman–Crippen MR) is 107 cm³/mol. The SMILES string of the molecule is CO[C@@H]1C[C@H]2CN(C(=O)CCCc3cn[nH]c3)C[C@H]2C[C@H]1Nc1ccccn1. The molecule has 1 amide bonds. The van der Waals surface area contributed by atoms with Crippen LogP contribution in [-0.2, 0) is 16.0 Å². The van der Waals surface area contributed by atoms with Crippen molar-refractivity contribution in [3.05, 3.63) is 42.4 Å². The van der Waals surface area contributed by atoms with Crippen molar-refractivity contribution in [2.24, 2.45) is 11.8 Å². The van der Waals surface area contributed by atoms with Crippen LogP contribution in [0.15, 0.2) is 36.8 Å². The summed E-state index contributed by atoms with van der Waals surface area (Å²) in [5, 5.41) is 10.3. The molecule has 4 rings (SSSR count). The molecule has 2 aromatic heterocycles. The van der Waals surface area contributed by atoms with E-state index in [0.717, 1.165) is 50.2 Å². The summed E-state index contributed by atoms with van der Waals surface area (Å²) in [7, 11) is 1.78. The Kier molecular flexibility index (Phi) is 5.90. The molecule has 28 heavy (non-hydrogen) atoms. The number of amides is 1. The highest BCUT2D eigenvalue weighted by molar-refractivity contribution is 5.76. The van der Waals surface area contributed by atoms with Crippen LogP contribution in [0.1, 0.15) is 31.2 Å². The predicted octanol–water partition coefficient (Wildman–Crippen LogP) is 2.49. The highest BCUT2D eigenvalue weighted by Gasteiger charge is 2.43. The van der Waals surface area contributed by atoms with Gasteiger partial charge in [-0.1, -0.05) is 6.07 Å². The zero-order chi connectivity index (χ0) is 19.3. The number of fused-ring (bicyclic) bond motifs is 1. The lowest BCUT2D eigenvalue weighted by molar-refractivity contribution is -0.130. The van der Waals surface area contributed by atoms with Crippen LogP contribution in [0.3, 0.4) is 0 Å². The summed E-state index contributed by atoms with van der Waals surface area (Å²) in [6.07, 6.45) is 10.0. The number of hydrogen-bond donors (Lipinski definition) is 2. The van der Waals surface area contributed by atoms with Gasteiger partial charge >= 0.3 is 0 Å². The third kappa shape index (κ3) is 4.35. The number of methoxy groups -OCH3 is 1. The van der Waals surface area contributed by atoms with Crippen LogP contribution in [-0.4, -0.2) is 58.3 Å². The third-order valence-electron chi connectivity index (χ3n) is 6.18. The Labute approximate surface area is 165 Å². The van der Waals surface area contributed by atoms with Crippen molar-refractivity contribution in [1.29, 1.82) is 0 Å². The molecule has 1 saturated heterocycles. The number of aryl methyl sites for hydroxylation is 1. The summed E-state index contributed by atoms with van der Waals surface area (Å²) >= 11 is 0. The molecule has 2 fully saturated rings. The van der Waals surface area contributed by atoms with Crippen molar-refractivity contribution in [3.63, 3.8) is 0 Å². The average molecular weight is 383 g/mol. The lowest BCUT2D eigenvalue weighted by atomic mass is 9.77. The van der Waals surface area contributed by atoms with E-state index in [4.69, 9.17) is 4.74 Å². The number of nitrogens with one attached hydrogen (secondary N) is 2. The zero-order valence-electron chi connectivity index (χ0n) is 16.4. The van der Waals surface area contributed by atoms with Crippen molar-refractivity contribution in [2.75, 3.05) is 25.5 Å². The highest BCUT2D eigenvalue weighted by Crippen LogP contribution is 2.38. The Morgan fingerprint density at radius 2 is 2.18 bits per heavy atom. The first-order valence-corrected chi connectivity index (χ1v) is 10.2. The number of aromatic nitrogens is 3. The summed E-state index contributed by atoms with van der Waals surface area (Å²) in [6, 6.07) is 6.13. The number of anilines is 1. The molecule has 0 bridgehead atoms. The molecule has 2 aromatic rings. The lowest BCUT2D eigenvalue weighted by Gasteiger charge is -2.37. The maximum atomic E-state index is 12.7. The number of H-pyrrole nitrogens is 1. The number of likely N-dealkylation sites (tertiary alicyclic amines) is 1.